The van der Waals surface area contributed by atoms with Gasteiger partial charge in [0.1, 0.15) is 9.84 Å². The highest BCUT2D eigenvalue weighted by atomic mass is 32.2. The van der Waals surface area contributed by atoms with E-state index in [-0.39, 0.29) is 24.9 Å². The third-order valence-electron chi connectivity index (χ3n) is 1.41. The van der Waals surface area contributed by atoms with Gasteiger partial charge in [0.05, 0.1) is 5.75 Å². The van der Waals surface area contributed by atoms with Gasteiger partial charge in [-0.25, -0.2) is 8.42 Å². The maximum atomic E-state index is 10.6. The molecule has 2 N–H and O–H groups in total. The fraction of sp³-hybridized carbons (Fsp3) is 1.00. The topological polar surface area (TPSA) is 74.6 Å². The molecule has 0 amide bonds. The van der Waals surface area contributed by atoms with Gasteiger partial charge < -0.3 is 10.2 Å². The summed E-state index contributed by atoms with van der Waals surface area (Å²) in [6.45, 7) is -0.321. The van der Waals surface area contributed by atoms with E-state index in [1.807, 2.05) is 0 Å². The molecule has 0 saturated carbocycles. The van der Waals surface area contributed by atoms with Gasteiger partial charge in [0.25, 0.3) is 0 Å². The Morgan fingerprint density at radius 2 is 1.73 bits per heavy atom. The summed E-state index contributed by atoms with van der Waals surface area (Å²) in [7, 11) is -2.96. The SMILES string of the molecule is CS(=O)(=O)CCC(CO)CO. The molecule has 0 aromatic heterocycles. The van der Waals surface area contributed by atoms with Crippen molar-refractivity contribution in [3.63, 3.8) is 0 Å². The average Bonchev–Trinajstić information content (AvgIpc) is 1.88. The first kappa shape index (κ1) is 10.9. The Balaban J connectivity index is 3.69. The molecule has 4 nitrogen and oxygen atoms in total. The number of hydrogen-bond donors (Lipinski definition) is 2. The smallest absolute Gasteiger partial charge is 0.147 e. The Morgan fingerprint density at radius 3 is 2.00 bits per heavy atom. The molecule has 0 spiro atoms. The Morgan fingerprint density at radius 1 is 1.27 bits per heavy atom. The van der Waals surface area contributed by atoms with E-state index in [2.05, 4.69) is 0 Å². The van der Waals surface area contributed by atoms with Gasteiger partial charge >= 0.3 is 0 Å². The predicted molar refractivity (Wildman–Crippen MR) is 42.0 cm³/mol. The fourth-order valence-corrected chi connectivity index (χ4v) is 1.38. The minimum absolute atomic E-state index is 0.0266. The van der Waals surface area contributed by atoms with Gasteiger partial charge in [0.15, 0.2) is 0 Å². The molecular formula is C6H14O4S. The summed E-state index contributed by atoms with van der Waals surface area (Å²) in [4.78, 5) is 0. The van der Waals surface area contributed by atoms with Crippen LogP contribution in [-0.4, -0.2) is 43.9 Å². The van der Waals surface area contributed by atoms with Crippen molar-refractivity contribution in [2.24, 2.45) is 5.92 Å². The summed E-state index contributed by atoms with van der Waals surface area (Å²) in [6, 6.07) is 0. The normalized spacial score (nSPS) is 12.4. The molecular weight excluding hydrogens is 168 g/mol. The summed E-state index contributed by atoms with van der Waals surface area (Å²) in [5, 5.41) is 17.1. The van der Waals surface area contributed by atoms with E-state index in [1.165, 1.54) is 0 Å². The molecule has 0 fully saturated rings. The lowest BCUT2D eigenvalue weighted by atomic mass is 10.1. The van der Waals surface area contributed by atoms with Crippen LogP contribution in [0.3, 0.4) is 0 Å². The van der Waals surface area contributed by atoms with Crippen molar-refractivity contribution in [1.29, 1.82) is 0 Å². The van der Waals surface area contributed by atoms with Crippen LogP contribution in [0.4, 0.5) is 0 Å². The summed E-state index contributed by atoms with van der Waals surface area (Å²) in [5.74, 6) is -0.275. The zero-order valence-corrected chi connectivity index (χ0v) is 7.34. The molecule has 0 radical (unpaired) electrons. The summed E-state index contributed by atoms with van der Waals surface area (Å²) < 4.78 is 21.2. The van der Waals surface area contributed by atoms with E-state index in [0.29, 0.717) is 6.42 Å². The van der Waals surface area contributed by atoms with E-state index in [0.717, 1.165) is 6.26 Å². The molecule has 0 atom stereocenters. The lowest BCUT2D eigenvalue weighted by Gasteiger charge is -2.08. The first-order valence-corrected chi connectivity index (χ1v) is 5.45. The Labute approximate surface area is 66.8 Å². The minimum atomic E-state index is -2.96. The molecule has 0 rings (SSSR count). The van der Waals surface area contributed by atoms with Gasteiger partial charge in [0.2, 0.25) is 0 Å². The molecule has 0 aliphatic carbocycles. The van der Waals surface area contributed by atoms with Crippen molar-refractivity contribution in [2.45, 2.75) is 6.42 Å². The van der Waals surface area contributed by atoms with E-state index < -0.39 is 9.84 Å². The van der Waals surface area contributed by atoms with Crippen LogP contribution < -0.4 is 0 Å². The average molecular weight is 182 g/mol. The molecule has 0 bridgehead atoms. The first-order valence-electron chi connectivity index (χ1n) is 3.39. The summed E-state index contributed by atoms with van der Waals surface area (Å²) in [6.07, 6.45) is 1.46. The standard InChI is InChI=1S/C6H14O4S/c1-11(9,10)3-2-6(4-7)5-8/h6-8H,2-5H2,1H3. The van der Waals surface area contributed by atoms with Gasteiger partial charge in [-0.3, -0.25) is 0 Å². The predicted octanol–water partition coefficient (Wildman–Crippen LogP) is -0.978. The van der Waals surface area contributed by atoms with Crippen molar-refractivity contribution in [3.8, 4) is 0 Å². The van der Waals surface area contributed by atoms with Crippen LogP contribution in [0.2, 0.25) is 0 Å². The Bertz CT molecular complexity index is 181. The molecule has 0 unspecified atom stereocenters. The van der Waals surface area contributed by atoms with Crippen LogP contribution in [0, 0.1) is 5.92 Å². The largest absolute Gasteiger partial charge is 0.396 e. The van der Waals surface area contributed by atoms with Crippen molar-refractivity contribution in [1.82, 2.24) is 0 Å². The number of hydrogen-bond acceptors (Lipinski definition) is 4. The molecule has 11 heavy (non-hydrogen) atoms. The van der Waals surface area contributed by atoms with Gasteiger partial charge in [-0.1, -0.05) is 0 Å². The zero-order chi connectivity index (χ0) is 8.91. The second kappa shape index (κ2) is 4.69. The van der Waals surface area contributed by atoms with Crippen molar-refractivity contribution in [2.75, 3.05) is 25.2 Å². The third-order valence-corrected chi connectivity index (χ3v) is 2.39. The third kappa shape index (κ3) is 6.28. The number of aliphatic hydroxyl groups is 2. The van der Waals surface area contributed by atoms with E-state index >= 15 is 0 Å². The van der Waals surface area contributed by atoms with Gasteiger partial charge in [-0.15, -0.1) is 0 Å². The van der Waals surface area contributed by atoms with Crippen molar-refractivity contribution < 1.29 is 18.6 Å². The lowest BCUT2D eigenvalue weighted by molar-refractivity contribution is 0.148. The monoisotopic (exact) mass is 182 g/mol. The van der Waals surface area contributed by atoms with Gasteiger partial charge in [-0.05, 0) is 6.42 Å². The number of rotatable bonds is 5. The highest BCUT2D eigenvalue weighted by Gasteiger charge is 2.09. The lowest BCUT2D eigenvalue weighted by Crippen LogP contribution is -2.16. The number of sulfone groups is 1. The second-order valence-corrected chi connectivity index (χ2v) is 4.91. The van der Waals surface area contributed by atoms with Crippen LogP contribution >= 0.6 is 0 Å². The highest BCUT2D eigenvalue weighted by molar-refractivity contribution is 7.90. The minimum Gasteiger partial charge on any atom is -0.396 e. The quantitative estimate of drug-likeness (QED) is 0.573. The molecule has 0 aliphatic heterocycles. The van der Waals surface area contributed by atoms with Crippen LogP contribution in [0.25, 0.3) is 0 Å². The van der Waals surface area contributed by atoms with Crippen molar-refractivity contribution >= 4 is 9.84 Å². The second-order valence-electron chi connectivity index (χ2n) is 2.65. The van der Waals surface area contributed by atoms with Crippen LogP contribution in [-0.2, 0) is 9.84 Å². The molecule has 5 heteroatoms. The zero-order valence-electron chi connectivity index (χ0n) is 6.52. The summed E-state index contributed by atoms with van der Waals surface area (Å²) in [5.41, 5.74) is 0. The molecule has 0 aromatic carbocycles. The highest BCUT2D eigenvalue weighted by Crippen LogP contribution is 2.02. The summed E-state index contributed by atoms with van der Waals surface area (Å²) >= 11 is 0. The van der Waals surface area contributed by atoms with E-state index in [1.54, 1.807) is 0 Å². The Hall–Kier alpha value is -0.130. The van der Waals surface area contributed by atoms with Gasteiger partial charge in [-0.2, -0.15) is 0 Å². The molecule has 0 aromatic rings. The first-order chi connectivity index (χ1) is 4.99. The molecule has 68 valence electrons. The van der Waals surface area contributed by atoms with Crippen LogP contribution in [0.1, 0.15) is 6.42 Å². The number of aliphatic hydroxyl groups excluding tert-OH is 2. The van der Waals surface area contributed by atoms with Crippen LogP contribution in [0.5, 0.6) is 0 Å². The fourth-order valence-electron chi connectivity index (χ4n) is 0.621. The maximum absolute atomic E-state index is 10.6. The van der Waals surface area contributed by atoms with Crippen molar-refractivity contribution in [3.05, 3.63) is 0 Å². The Kier molecular flexibility index (Phi) is 4.63. The van der Waals surface area contributed by atoms with Crippen LogP contribution in [0.15, 0.2) is 0 Å². The molecule has 0 aliphatic rings. The molecule has 0 heterocycles. The molecule has 0 saturated heterocycles. The van der Waals surface area contributed by atoms with Gasteiger partial charge in [0, 0.05) is 25.4 Å². The maximum Gasteiger partial charge on any atom is 0.147 e. The van der Waals surface area contributed by atoms with E-state index in [9.17, 15) is 8.42 Å². The van der Waals surface area contributed by atoms with E-state index in [4.69, 9.17) is 10.2 Å².